The molecule has 2 atom stereocenters. The molecule has 1 heterocycles. The molecule has 0 saturated heterocycles. The summed E-state index contributed by atoms with van der Waals surface area (Å²) in [6, 6.07) is 0. The Morgan fingerprint density at radius 2 is 2.00 bits per heavy atom. The lowest BCUT2D eigenvalue weighted by Crippen LogP contribution is -2.36. The Bertz CT molecular complexity index is 599. The normalized spacial score (nSPS) is 20.0. The van der Waals surface area contributed by atoms with Crippen LogP contribution in [0.3, 0.4) is 0 Å². The first-order chi connectivity index (χ1) is 11.6. The van der Waals surface area contributed by atoms with Crippen molar-refractivity contribution in [2.45, 2.75) is 46.5 Å². The predicted molar refractivity (Wildman–Crippen MR) is 90.4 cm³/mol. The van der Waals surface area contributed by atoms with Crippen molar-refractivity contribution in [3.8, 4) is 0 Å². The summed E-state index contributed by atoms with van der Waals surface area (Å²) < 4.78 is 19.9. The van der Waals surface area contributed by atoms with E-state index in [-0.39, 0.29) is 12.5 Å². The van der Waals surface area contributed by atoms with Crippen LogP contribution in [0.15, 0.2) is 35.1 Å². The van der Waals surface area contributed by atoms with Gasteiger partial charge in [-0.05, 0) is 31.6 Å². The number of carbonyl (C=O) groups excluding carboxylic acids is 2. The van der Waals surface area contributed by atoms with Crippen molar-refractivity contribution in [1.29, 1.82) is 0 Å². The van der Waals surface area contributed by atoms with Gasteiger partial charge in [0.1, 0.15) is 12.4 Å². The van der Waals surface area contributed by atoms with Crippen molar-refractivity contribution in [3.63, 3.8) is 0 Å². The maximum atomic E-state index is 11.8. The lowest BCUT2D eigenvalue weighted by atomic mass is 9.97. The van der Waals surface area contributed by atoms with Gasteiger partial charge in [0, 0.05) is 19.8 Å². The zero-order chi connectivity index (χ0) is 19.2. The van der Waals surface area contributed by atoms with Crippen LogP contribution < -0.4 is 0 Å². The highest BCUT2D eigenvalue weighted by Gasteiger charge is 2.32. The molecule has 0 fully saturated rings. The Labute approximate surface area is 147 Å². The molecule has 140 valence electrons. The SMILES string of the molecule is COC(=O)OC/C=C(\C)[C@H](O)[C@@H](C)/C=C/C1=C(C)C(=O)OC(C)(C)O1. The monoisotopic (exact) mass is 354 g/mol. The fourth-order valence-electron chi connectivity index (χ4n) is 2.10. The van der Waals surface area contributed by atoms with E-state index < -0.39 is 24.0 Å². The molecule has 0 radical (unpaired) electrons. The van der Waals surface area contributed by atoms with Gasteiger partial charge >= 0.3 is 12.1 Å². The average molecular weight is 354 g/mol. The molecule has 25 heavy (non-hydrogen) atoms. The Kier molecular flexibility index (Phi) is 7.23. The van der Waals surface area contributed by atoms with Crippen LogP contribution in [0.4, 0.5) is 4.79 Å². The predicted octanol–water partition coefficient (Wildman–Crippen LogP) is 2.85. The van der Waals surface area contributed by atoms with Crippen LogP contribution in [0.5, 0.6) is 0 Å². The van der Waals surface area contributed by atoms with Gasteiger partial charge in [-0.15, -0.1) is 0 Å². The molecule has 0 aromatic rings. The number of aliphatic hydroxyl groups excluding tert-OH is 1. The van der Waals surface area contributed by atoms with Crippen LogP contribution in [0, 0.1) is 5.92 Å². The number of allylic oxidation sites excluding steroid dienone is 1. The molecule has 0 bridgehead atoms. The van der Waals surface area contributed by atoms with E-state index in [1.807, 2.05) is 6.92 Å². The van der Waals surface area contributed by atoms with Gasteiger partial charge in [0.2, 0.25) is 5.79 Å². The fourth-order valence-corrected chi connectivity index (χ4v) is 2.10. The van der Waals surface area contributed by atoms with Crippen molar-refractivity contribution in [1.82, 2.24) is 0 Å². The van der Waals surface area contributed by atoms with E-state index >= 15 is 0 Å². The number of hydrogen-bond acceptors (Lipinski definition) is 7. The molecule has 7 heteroatoms. The molecule has 1 rings (SSSR count). The lowest BCUT2D eigenvalue weighted by Gasteiger charge is -2.31. The zero-order valence-corrected chi connectivity index (χ0v) is 15.5. The summed E-state index contributed by atoms with van der Waals surface area (Å²) in [6.45, 7) is 8.49. The number of ether oxygens (including phenoxy) is 4. The quantitative estimate of drug-likeness (QED) is 0.579. The second-order valence-corrected chi connectivity index (χ2v) is 6.26. The highest BCUT2D eigenvalue weighted by molar-refractivity contribution is 5.89. The van der Waals surface area contributed by atoms with Gasteiger partial charge in [-0.1, -0.05) is 13.0 Å². The maximum absolute atomic E-state index is 11.8. The number of rotatable bonds is 6. The van der Waals surface area contributed by atoms with E-state index in [0.717, 1.165) is 0 Å². The number of hydrogen-bond donors (Lipinski definition) is 1. The minimum Gasteiger partial charge on any atom is -0.452 e. The topological polar surface area (TPSA) is 91.3 Å². The number of carbonyl (C=O) groups is 2. The van der Waals surface area contributed by atoms with Gasteiger partial charge in [0.05, 0.1) is 18.8 Å². The Morgan fingerprint density at radius 3 is 2.60 bits per heavy atom. The summed E-state index contributed by atoms with van der Waals surface area (Å²) in [6.07, 6.45) is 3.45. The molecule has 1 aliphatic heterocycles. The summed E-state index contributed by atoms with van der Waals surface area (Å²) in [5.74, 6) is -1.30. The number of cyclic esters (lactones) is 1. The summed E-state index contributed by atoms with van der Waals surface area (Å²) in [5, 5.41) is 10.3. The minimum atomic E-state index is -1.03. The van der Waals surface area contributed by atoms with Crippen LogP contribution in [0.1, 0.15) is 34.6 Å². The first-order valence-electron chi connectivity index (χ1n) is 7.94. The minimum absolute atomic E-state index is 0.0133. The third-order valence-electron chi connectivity index (χ3n) is 3.66. The van der Waals surface area contributed by atoms with Crippen molar-refractivity contribution < 1.29 is 33.6 Å². The molecule has 0 unspecified atom stereocenters. The summed E-state index contributed by atoms with van der Waals surface area (Å²) in [5.41, 5.74) is 1.02. The van der Waals surface area contributed by atoms with E-state index in [1.54, 1.807) is 45.9 Å². The van der Waals surface area contributed by atoms with Crippen molar-refractivity contribution >= 4 is 12.1 Å². The van der Waals surface area contributed by atoms with Gasteiger partial charge in [0.25, 0.3) is 0 Å². The van der Waals surface area contributed by atoms with Gasteiger partial charge in [-0.2, -0.15) is 0 Å². The van der Waals surface area contributed by atoms with Crippen LogP contribution >= 0.6 is 0 Å². The molecule has 7 nitrogen and oxygen atoms in total. The number of methoxy groups -OCH3 is 1. The summed E-state index contributed by atoms with van der Waals surface area (Å²) in [4.78, 5) is 22.7. The highest BCUT2D eigenvalue weighted by Crippen LogP contribution is 2.27. The van der Waals surface area contributed by atoms with Crippen molar-refractivity contribution in [2.24, 2.45) is 5.92 Å². The van der Waals surface area contributed by atoms with E-state index in [2.05, 4.69) is 4.74 Å². The van der Waals surface area contributed by atoms with Crippen LogP contribution in [-0.2, 0) is 23.7 Å². The Morgan fingerprint density at radius 1 is 1.36 bits per heavy atom. The Hall–Kier alpha value is -2.28. The third kappa shape index (κ3) is 6.26. The van der Waals surface area contributed by atoms with Crippen LogP contribution in [-0.4, -0.2) is 42.8 Å². The third-order valence-corrected chi connectivity index (χ3v) is 3.66. The first kappa shape index (κ1) is 20.8. The molecule has 0 spiro atoms. The molecule has 0 aliphatic carbocycles. The average Bonchev–Trinajstić information content (AvgIpc) is 2.54. The molecular weight excluding hydrogens is 328 g/mol. The van der Waals surface area contributed by atoms with Crippen molar-refractivity contribution in [3.05, 3.63) is 35.1 Å². The van der Waals surface area contributed by atoms with Gasteiger partial charge in [-0.25, -0.2) is 9.59 Å². The van der Waals surface area contributed by atoms with Crippen molar-refractivity contribution in [2.75, 3.05) is 13.7 Å². The molecule has 0 aromatic heterocycles. The van der Waals surface area contributed by atoms with E-state index in [1.165, 1.54) is 7.11 Å². The molecule has 0 saturated carbocycles. The van der Waals surface area contributed by atoms with E-state index in [4.69, 9.17) is 14.2 Å². The van der Waals surface area contributed by atoms with Crippen LogP contribution in [0.2, 0.25) is 0 Å². The highest BCUT2D eigenvalue weighted by atomic mass is 16.7. The number of aliphatic hydroxyl groups is 1. The first-order valence-corrected chi connectivity index (χ1v) is 7.94. The summed E-state index contributed by atoms with van der Waals surface area (Å²) in [7, 11) is 1.22. The maximum Gasteiger partial charge on any atom is 0.508 e. The number of esters is 1. The summed E-state index contributed by atoms with van der Waals surface area (Å²) >= 11 is 0. The van der Waals surface area contributed by atoms with Gasteiger partial charge in [-0.3, -0.25) is 0 Å². The standard InChI is InChI=1S/C18H26O7/c1-11(15(19)12(2)9-10-23-17(21)22-6)7-8-14-13(3)16(20)25-18(4,5)24-14/h7-9,11,15,19H,10H2,1-6H3/b8-7+,12-9+/t11-,15+/m0/s1. The smallest absolute Gasteiger partial charge is 0.452 e. The second kappa shape index (κ2) is 8.71. The van der Waals surface area contributed by atoms with Gasteiger partial charge in [0.15, 0.2) is 0 Å². The molecule has 1 N–H and O–H groups in total. The molecule has 1 aliphatic rings. The molecule has 0 aromatic carbocycles. The Balaban J connectivity index is 2.73. The largest absolute Gasteiger partial charge is 0.508 e. The molecule has 0 amide bonds. The lowest BCUT2D eigenvalue weighted by molar-refractivity contribution is -0.205. The fraction of sp³-hybridized carbons (Fsp3) is 0.556. The van der Waals surface area contributed by atoms with Crippen LogP contribution in [0.25, 0.3) is 0 Å². The zero-order valence-electron chi connectivity index (χ0n) is 15.5. The van der Waals surface area contributed by atoms with E-state index in [9.17, 15) is 14.7 Å². The van der Waals surface area contributed by atoms with Gasteiger partial charge < -0.3 is 24.1 Å². The van der Waals surface area contributed by atoms with E-state index in [0.29, 0.717) is 16.9 Å². The molecular formula is C18H26O7. The second-order valence-electron chi connectivity index (χ2n) is 6.26.